The topological polar surface area (TPSA) is 99.7 Å². The van der Waals surface area contributed by atoms with Crippen molar-refractivity contribution in [1.82, 2.24) is 20.2 Å². The number of hydrogen-bond donors (Lipinski definition) is 2. The highest BCUT2D eigenvalue weighted by molar-refractivity contribution is 5.98. The van der Waals surface area contributed by atoms with E-state index in [4.69, 9.17) is 4.74 Å². The molecule has 1 saturated heterocycles. The van der Waals surface area contributed by atoms with Crippen LogP contribution in [-0.4, -0.2) is 66.0 Å². The fraction of sp³-hybridized carbons (Fsp3) is 0.455. The van der Waals surface area contributed by atoms with E-state index in [9.17, 15) is 9.59 Å². The number of aromatic nitrogens is 2. The van der Waals surface area contributed by atoms with Gasteiger partial charge in [0.15, 0.2) is 11.9 Å². The van der Waals surface area contributed by atoms with Gasteiger partial charge >= 0.3 is 0 Å². The summed E-state index contributed by atoms with van der Waals surface area (Å²) in [6.07, 6.45) is 1.62. The van der Waals surface area contributed by atoms with Crippen molar-refractivity contribution in [3.05, 3.63) is 41.2 Å². The second-order valence-corrected chi connectivity index (χ2v) is 7.92. The van der Waals surface area contributed by atoms with Crippen LogP contribution in [0.4, 0.5) is 15.8 Å². The predicted molar refractivity (Wildman–Crippen MR) is 117 cm³/mol. The number of anilines is 2. The quantitative estimate of drug-likeness (QED) is 0.727. The highest BCUT2D eigenvalue weighted by Crippen LogP contribution is 2.35. The third-order valence-corrected chi connectivity index (χ3v) is 5.85. The molecule has 2 aliphatic heterocycles. The zero-order chi connectivity index (χ0) is 22.8. The zero-order valence-corrected chi connectivity index (χ0v) is 18.4. The molecule has 0 saturated carbocycles. The van der Waals surface area contributed by atoms with Gasteiger partial charge in [0.05, 0.1) is 17.6 Å². The van der Waals surface area contributed by atoms with Crippen LogP contribution in [0, 0.1) is 12.7 Å². The Morgan fingerprint density at radius 1 is 1.31 bits per heavy atom. The first-order valence-corrected chi connectivity index (χ1v) is 10.7. The Morgan fingerprint density at radius 2 is 2.06 bits per heavy atom. The molecule has 32 heavy (non-hydrogen) atoms. The molecule has 0 bridgehead atoms. The molecule has 1 fully saturated rings. The van der Waals surface area contributed by atoms with Gasteiger partial charge in [0, 0.05) is 45.3 Å². The van der Waals surface area contributed by atoms with E-state index in [0.29, 0.717) is 24.3 Å². The van der Waals surface area contributed by atoms with E-state index in [-0.39, 0.29) is 23.3 Å². The molecule has 4 rings (SSSR count). The first-order valence-electron chi connectivity index (χ1n) is 10.7. The first kappa shape index (κ1) is 21.9. The predicted octanol–water partition coefficient (Wildman–Crippen LogP) is 1.72. The molecule has 0 aliphatic carbocycles. The number of amides is 2. The van der Waals surface area contributed by atoms with Gasteiger partial charge in [-0.3, -0.25) is 14.5 Å². The molecule has 2 N–H and O–H groups in total. The average Bonchev–Trinajstić information content (AvgIpc) is 2.81. The average molecular weight is 442 g/mol. The van der Waals surface area contributed by atoms with Crippen molar-refractivity contribution in [1.29, 1.82) is 0 Å². The molecular formula is C22H27FN6O3. The van der Waals surface area contributed by atoms with Gasteiger partial charge in [-0.05, 0) is 19.4 Å². The van der Waals surface area contributed by atoms with Crippen LogP contribution in [-0.2, 0) is 11.3 Å². The van der Waals surface area contributed by atoms with Crippen molar-refractivity contribution >= 4 is 23.2 Å². The summed E-state index contributed by atoms with van der Waals surface area (Å²) in [4.78, 5) is 36.6. The first-order chi connectivity index (χ1) is 15.4. The highest BCUT2D eigenvalue weighted by Gasteiger charge is 2.30. The Kier molecular flexibility index (Phi) is 6.22. The molecule has 1 atom stereocenters. The number of fused-ring (bicyclic) bond motifs is 1. The van der Waals surface area contributed by atoms with E-state index in [1.807, 2.05) is 13.8 Å². The van der Waals surface area contributed by atoms with E-state index < -0.39 is 11.9 Å². The normalized spacial score (nSPS) is 18.6. The number of carbonyl (C=O) groups excluding carboxylic acids is 2. The Morgan fingerprint density at radius 3 is 2.72 bits per heavy atom. The van der Waals surface area contributed by atoms with Crippen LogP contribution in [0.3, 0.4) is 0 Å². The summed E-state index contributed by atoms with van der Waals surface area (Å²) in [6, 6.07) is 3.45. The smallest absolute Gasteiger partial charge is 0.288 e. The largest absolute Gasteiger partial charge is 0.478 e. The molecule has 2 aromatic rings. The number of rotatable bonds is 5. The van der Waals surface area contributed by atoms with Crippen molar-refractivity contribution in [3.63, 3.8) is 0 Å². The van der Waals surface area contributed by atoms with E-state index >= 15 is 4.39 Å². The number of benzene rings is 1. The lowest BCUT2D eigenvalue weighted by molar-refractivity contribution is -0.123. The van der Waals surface area contributed by atoms with Crippen LogP contribution in [0.1, 0.15) is 35.2 Å². The molecule has 0 unspecified atom stereocenters. The second kappa shape index (κ2) is 9.07. The maximum Gasteiger partial charge on any atom is 0.288 e. The highest BCUT2D eigenvalue weighted by atomic mass is 19.1. The molecule has 10 heteroatoms. The van der Waals surface area contributed by atoms with Gasteiger partial charge in [0.25, 0.3) is 11.8 Å². The molecule has 2 amide bonds. The van der Waals surface area contributed by atoms with Gasteiger partial charge in [0.1, 0.15) is 11.4 Å². The maximum absolute atomic E-state index is 15.1. The van der Waals surface area contributed by atoms with E-state index in [0.717, 1.165) is 37.6 Å². The standard InChI is InChI=1S/C22H27FN6O3/c1-4-16-21(30)27-19-17(32-16)6-5-14(18(19)23)12-28-7-9-29(10-8-28)15-11-25-20(22(31)24-3)26-13(15)2/h5-6,11,16H,4,7-10,12H2,1-3H3,(H,24,31)(H,27,30)/t16-/m0/s1. The molecule has 0 spiro atoms. The lowest BCUT2D eigenvalue weighted by Gasteiger charge is -2.36. The summed E-state index contributed by atoms with van der Waals surface area (Å²) < 4.78 is 20.7. The fourth-order valence-electron chi connectivity index (χ4n) is 4.00. The third kappa shape index (κ3) is 4.22. The van der Waals surface area contributed by atoms with Gasteiger partial charge in [-0.25, -0.2) is 14.4 Å². The number of carbonyl (C=O) groups is 2. The van der Waals surface area contributed by atoms with Crippen molar-refractivity contribution < 1.29 is 18.7 Å². The van der Waals surface area contributed by atoms with Gasteiger partial charge in [-0.1, -0.05) is 13.0 Å². The number of nitrogens with one attached hydrogen (secondary N) is 2. The van der Waals surface area contributed by atoms with Crippen molar-refractivity contribution in [2.75, 3.05) is 43.4 Å². The molecule has 2 aliphatic rings. The van der Waals surface area contributed by atoms with Gasteiger partial charge in [-0.15, -0.1) is 0 Å². The fourth-order valence-corrected chi connectivity index (χ4v) is 4.00. The summed E-state index contributed by atoms with van der Waals surface area (Å²) >= 11 is 0. The molecule has 0 radical (unpaired) electrons. The number of piperazine rings is 1. The maximum atomic E-state index is 15.1. The molecule has 1 aromatic carbocycles. The van der Waals surface area contributed by atoms with Crippen LogP contribution < -0.4 is 20.3 Å². The lowest BCUT2D eigenvalue weighted by atomic mass is 10.1. The van der Waals surface area contributed by atoms with E-state index in [1.165, 1.54) is 0 Å². The van der Waals surface area contributed by atoms with Crippen molar-refractivity contribution in [2.45, 2.75) is 32.9 Å². The lowest BCUT2D eigenvalue weighted by Crippen LogP contribution is -2.46. The van der Waals surface area contributed by atoms with Crippen molar-refractivity contribution in [3.8, 4) is 5.75 Å². The van der Waals surface area contributed by atoms with E-state index in [1.54, 1.807) is 25.4 Å². The third-order valence-electron chi connectivity index (χ3n) is 5.85. The number of halogens is 1. The van der Waals surface area contributed by atoms with Gasteiger partial charge < -0.3 is 20.3 Å². The molecule has 1 aromatic heterocycles. The zero-order valence-electron chi connectivity index (χ0n) is 18.4. The minimum absolute atomic E-state index is 0.125. The van der Waals surface area contributed by atoms with Crippen molar-refractivity contribution in [2.24, 2.45) is 0 Å². The number of hydrogen-bond acceptors (Lipinski definition) is 7. The van der Waals surface area contributed by atoms with Crippen LogP contribution in [0.25, 0.3) is 0 Å². The summed E-state index contributed by atoms with van der Waals surface area (Å²) in [6.45, 7) is 7.07. The van der Waals surface area contributed by atoms with Crippen LogP contribution >= 0.6 is 0 Å². The molecule has 3 heterocycles. The Balaban J connectivity index is 1.40. The molecular weight excluding hydrogens is 415 g/mol. The van der Waals surface area contributed by atoms with Gasteiger partial charge in [-0.2, -0.15) is 0 Å². The monoisotopic (exact) mass is 442 g/mol. The van der Waals surface area contributed by atoms with Crippen LogP contribution in [0.2, 0.25) is 0 Å². The summed E-state index contributed by atoms with van der Waals surface area (Å²) in [5.41, 5.74) is 2.28. The Hall–Kier alpha value is -3.27. The minimum Gasteiger partial charge on any atom is -0.478 e. The molecule has 170 valence electrons. The summed E-state index contributed by atoms with van der Waals surface area (Å²) in [7, 11) is 1.54. The summed E-state index contributed by atoms with van der Waals surface area (Å²) in [5.74, 6) is -0.551. The van der Waals surface area contributed by atoms with Crippen LogP contribution in [0.15, 0.2) is 18.3 Å². The van der Waals surface area contributed by atoms with Crippen LogP contribution in [0.5, 0.6) is 5.75 Å². The molecule has 9 nitrogen and oxygen atoms in total. The second-order valence-electron chi connectivity index (χ2n) is 7.92. The SMILES string of the molecule is CC[C@@H]1Oc2ccc(CN3CCN(c4cnc(C(=O)NC)nc4C)CC3)c(F)c2NC1=O. The Bertz CT molecular complexity index is 1040. The van der Waals surface area contributed by atoms with Gasteiger partial charge in [0.2, 0.25) is 5.82 Å². The van der Waals surface area contributed by atoms with E-state index in [2.05, 4.69) is 30.4 Å². The minimum atomic E-state index is -0.585. The number of nitrogens with zero attached hydrogens (tertiary/aromatic N) is 4. The summed E-state index contributed by atoms with van der Waals surface area (Å²) in [5, 5.41) is 5.17. The number of aryl methyl sites for hydroxylation is 1. The Labute approximate surface area is 186 Å². The number of ether oxygens (including phenoxy) is 1.